The molecule has 1 aliphatic rings. The van der Waals surface area contributed by atoms with Crippen LogP contribution in [-0.4, -0.2) is 30.4 Å². The second kappa shape index (κ2) is 8.25. The molecule has 0 fully saturated rings. The molecule has 3 aromatic rings. The number of nitrogens with one attached hydrogen (secondary N) is 2. The minimum Gasteiger partial charge on any atom is -0.462 e. The molecule has 0 radical (unpaired) electrons. The number of nitrogens with zero attached hydrogens (tertiary/aromatic N) is 1. The Morgan fingerprint density at radius 3 is 2.41 bits per heavy atom. The van der Waals surface area contributed by atoms with Crippen molar-refractivity contribution in [3.05, 3.63) is 53.6 Å². The van der Waals surface area contributed by atoms with Gasteiger partial charge in [-0.1, -0.05) is 0 Å². The van der Waals surface area contributed by atoms with Gasteiger partial charge in [-0.25, -0.2) is 14.6 Å². The number of fused-ring (bicyclic) bond motifs is 2. The molecule has 166 valence electrons. The minimum absolute atomic E-state index is 0.000727. The van der Waals surface area contributed by atoms with Crippen LogP contribution in [0.2, 0.25) is 0 Å². The number of rotatable bonds is 4. The number of urea groups is 1. The first-order valence-electron chi connectivity index (χ1n) is 9.41. The predicted molar refractivity (Wildman–Crippen MR) is 108 cm³/mol. The molecular formula is C21H16F3N3O5. The molecule has 0 bridgehead atoms. The fourth-order valence-corrected chi connectivity index (χ4v) is 3.04. The van der Waals surface area contributed by atoms with Crippen molar-refractivity contribution in [3.8, 4) is 11.5 Å². The number of hydrogen-bond acceptors (Lipinski definition) is 6. The minimum atomic E-state index is -4.49. The van der Waals surface area contributed by atoms with E-state index in [9.17, 15) is 22.8 Å². The van der Waals surface area contributed by atoms with Crippen molar-refractivity contribution < 1.29 is 37.0 Å². The molecule has 0 unspecified atom stereocenters. The lowest BCUT2D eigenvalue weighted by molar-refractivity contribution is -0.137. The highest BCUT2D eigenvalue weighted by atomic mass is 19.4. The highest BCUT2D eigenvalue weighted by Crippen LogP contribution is 2.36. The maximum atomic E-state index is 12.7. The van der Waals surface area contributed by atoms with Crippen LogP contribution in [0.15, 0.2) is 42.5 Å². The first-order valence-corrected chi connectivity index (χ1v) is 9.41. The monoisotopic (exact) mass is 447 g/mol. The topological polar surface area (TPSA) is 98.8 Å². The Hall–Kier alpha value is -4.02. The molecule has 32 heavy (non-hydrogen) atoms. The maximum Gasteiger partial charge on any atom is 0.416 e. The Morgan fingerprint density at radius 1 is 1.06 bits per heavy atom. The Morgan fingerprint density at radius 2 is 1.75 bits per heavy atom. The molecule has 11 heteroatoms. The molecule has 1 aliphatic heterocycles. The highest BCUT2D eigenvalue weighted by Gasteiger charge is 2.30. The van der Waals surface area contributed by atoms with E-state index in [1.807, 2.05) is 0 Å². The van der Waals surface area contributed by atoms with E-state index in [-0.39, 0.29) is 30.5 Å². The summed E-state index contributed by atoms with van der Waals surface area (Å²) >= 11 is 0. The van der Waals surface area contributed by atoms with Gasteiger partial charge in [-0.15, -0.1) is 0 Å². The first-order chi connectivity index (χ1) is 15.2. The Kier molecular flexibility index (Phi) is 5.47. The average Bonchev–Trinajstić information content (AvgIpc) is 3.18. The number of carbonyl (C=O) groups excluding carboxylic acids is 2. The number of anilines is 2. The van der Waals surface area contributed by atoms with Gasteiger partial charge in [0.1, 0.15) is 11.4 Å². The van der Waals surface area contributed by atoms with Gasteiger partial charge >= 0.3 is 18.2 Å². The summed E-state index contributed by atoms with van der Waals surface area (Å²) in [5.41, 5.74) is -0.298. The smallest absolute Gasteiger partial charge is 0.416 e. The number of alkyl halides is 3. The summed E-state index contributed by atoms with van der Waals surface area (Å²) in [5.74, 6) is 0.174. The van der Waals surface area contributed by atoms with E-state index in [1.54, 1.807) is 19.1 Å². The van der Waals surface area contributed by atoms with E-state index < -0.39 is 23.7 Å². The molecule has 0 spiro atoms. The molecule has 2 amide bonds. The standard InChI is InChI=1S/C21H16F3N3O5/c1-2-30-19(28)14-7-11-8-16-17(32-10-31-16)9-15(11)26-18(14)27-20(29)25-13-5-3-12(4-6-13)21(22,23)24/h3-9H,2,10H2,1H3,(H2,25,26,27,29). The third-order valence-corrected chi connectivity index (χ3v) is 4.51. The van der Waals surface area contributed by atoms with Crippen LogP contribution < -0.4 is 20.1 Å². The summed E-state index contributed by atoms with van der Waals surface area (Å²) < 4.78 is 53.8. The van der Waals surface area contributed by atoms with Gasteiger partial charge < -0.3 is 19.5 Å². The van der Waals surface area contributed by atoms with Crippen LogP contribution in [0.3, 0.4) is 0 Å². The van der Waals surface area contributed by atoms with E-state index in [2.05, 4.69) is 15.6 Å². The molecular weight excluding hydrogens is 431 g/mol. The lowest BCUT2D eigenvalue weighted by atomic mass is 10.1. The number of hydrogen-bond donors (Lipinski definition) is 2. The van der Waals surface area contributed by atoms with Crippen LogP contribution in [0, 0.1) is 0 Å². The molecule has 2 aromatic carbocycles. The molecule has 0 atom stereocenters. The Balaban J connectivity index is 1.61. The van der Waals surface area contributed by atoms with Gasteiger partial charge in [0.2, 0.25) is 6.79 Å². The number of halogens is 3. The Labute approximate surface area is 179 Å². The summed E-state index contributed by atoms with van der Waals surface area (Å²) in [5, 5.41) is 5.41. The van der Waals surface area contributed by atoms with Crippen molar-refractivity contribution in [2.45, 2.75) is 13.1 Å². The summed E-state index contributed by atoms with van der Waals surface area (Å²) in [4.78, 5) is 29.2. The third-order valence-electron chi connectivity index (χ3n) is 4.51. The van der Waals surface area contributed by atoms with E-state index in [0.717, 1.165) is 24.3 Å². The van der Waals surface area contributed by atoms with Crippen molar-refractivity contribution in [2.75, 3.05) is 24.0 Å². The second-order valence-corrected chi connectivity index (χ2v) is 6.66. The van der Waals surface area contributed by atoms with Crippen molar-refractivity contribution in [2.24, 2.45) is 0 Å². The second-order valence-electron chi connectivity index (χ2n) is 6.66. The number of benzene rings is 2. The summed E-state index contributed by atoms with van der Waals surface area (Å²) in [6.45, 7) is 1.79. The normalized spacial score (nSPS) is 12.5. The zero-order chi connectivity index (χ0) is 22.9. The van der Waals surface area contributed by atoms with Crippen LogP contribution in [0.25, 0.3) is 10.9 Å². The third kappa shape index (κ3) is 4.36. The van der Waals surface area contributed by atoms with Crippen molar-refractivity contribution in [1.29, 1.82) is 0 Å². The van der Waals surface area contributed by atoms with Crippen LogP contribution in [0.5, 0.6) is 11.5 Å². The predicted octanol–water partition coefficient (Wildman–Crippen LogP) is 4.80. The van der Waals surface area contributed by atoms with Gasteiger partial charge in [0.15, 0.2) is 11.5 Å². The molecule has 8 nitrogen and oxygen atoms in total. The number of ether oxygens (including phenoxy) is 3. The number of amides is 2. The van der Waals surface area contributed by atoms with E-state index in [1.165, 1.54) is 6.07 Å². The van der Waals surface area contributed by atoms with Crippen LogP contribution in [0.1, 0.15) is 22.8 Å². The molecule has 2 N–H and O–H groups in total. The molecule has 0 saturated heterocycles. The zero-order valence-corrected chi connectivity index (χ0v) is 16.6. The molecule has 0 saturated carbocycles. The molecule has 1 aromatic heterocycles. The number of aromatic nitrogens is 1. The maximum absolute atomic E-state index is 12.7. The quantitative estimate of drug-likeness (QED) is 0.558. The first kappa shape index (κ1) is 21.2. The number of carbonyl (C=O) groups is 2. The van der Waals surface area contributed by atoms with Gasteiger partial charge in [0, 0.05) is 17.1 Å². The van der Waals surface area contributed by atoms with Crippen LogP contribution >= 0.6 is 0 Å². The number of esters is 1. The molecule has 2 heterocycles. The lowest BCUT2D eigenvalue weighted by Crippen LogP contribution is -2.22. The summed E-state index contributed by atoms with van der Waals surface area (Å²) in [7, 11) is 0. The van der Waals surface area contributed by atoms with Gasteiger partial charge in [0.25, 0.3) is 0 Å². The van der Waals surface area contributed by atoms with Gasteiger partial charge in [-0.3, -0.25) is 5.32 Å². The lowest BCUT2D eigenvalue weighted by Gasteiger charge is -2.13. The molecule has 0 aliphatic carbocycles. The van der Waals surface area contributed by atoms with E-state index in [0.29, 0.717) is 22.4 Å². The van der Waals surface area contributed by atoms with E-state index in [4.69, 9.17) is 14.2 Å². The fraction of sp³-hybridized carbons (Fsp3) is 0.190. The van der Waals surface area contributed by atoms with Crippen LogP contribution in [0.4, 0.5) is 29.5 Å². The SMILES string of the molecule is CCOC(=O)c1cc2cc3c(cc2nc1NC(=O)Nc1ccc(C(F)(F)F)cc1)OCO3. The highest BCUT2D eigenvalue weighted by molar-refractivity contribution is 6.06. The van der Waals surface area contributed by atoms with Gasteiger partial charge in [-0.2, -0.15) is 13.2 Å². The zero-order valence-electron chi connectivity index (χ0n) is 16.6. The Bertz CT molecular complexity index is 1200. The number of pyridine rings is 1. The fourth-order valence-electron chi connectivity index (χ4n) is 3.04. The van der Waals surface area contributed by atoms with Gasteiger partial charge in [-0.05, 0) is 43.3 Å². The van der Waals surface area contributed by atoms with Crippen molar-refractivity contribution >= 4 is 34.4 Å². The summed E-state index contributed by atoms with van der Waals surface area (Å²) in [6.07, 6.45) is -4.49. The average molecular weight is 447 g/mol. The van der Waals surface area contributed by atoms with Gasteiger partial charge in [0.05, 0.1) is 17.7 Å². The van der Waals surface area contributed by atoms with E-state index >= 15 is 0 Å². The van der Waals surface area contributed by atoms with Crippen LogP contribution in [-0.2, 0) is 10.9 Å². The largest absolute Gasteiger partial charge is 0.462 e. The summed E-state index contributed by atoms with van der Waals surface area (Å²) in [6, 6.07) is 7.86. The molecule has 4 rings (SSSR count). The van der Waals surface area contributed by atoms with Crippen molar-refractivity contribution in [3.63, 3.8) is 0 Å². The van der Waals surface area contributed by atoms with Crippen molar-refractivity contribution in [1.82, 2.24) is 4.98 Å².